The fourth-order valence-electron chi connectivity index (χ4n) is 1.59. The van der Waals surface area contributed by atoms with Crippen molar-refractivity contribution in [2.24, 2.45) is 0 Å². The zero-order valence-corrected chi connectivity index (χ0v) is 9.96. The molecule has 0 saturated heterocycles. The number of alkyl halides is 3. The van der Waals surface area contributed by atoms with Crippen molar-refractivity contribution in [2.75, 3.05) is 6.61 Å². The average Bonchev–Trinajstić information content (AvgIpc) is 3.10. The summed E-state index contributed by atoms with van der Waals surface area (Å²) in [6.45, 7) is -0.387. The van der Waals surface area contributed by atoms with Gasteiger partial charge in [-0.05, 0) is 24.0 Å². The van der Waals surface area contributed by atoms with Crippen molar-refractivity contribution in [3.05, 3.63) is 35.4 Å². The highest BCUT2D eigenvalue weighted by Crippen LogP contribution is 2.19. The number of rotatable bonds is 6. The maximum absolute atomic E-state index is 11.9. The van der Waals surface area contributed by atoms with E-state index < -0.39 is 12.8 Å². The topological polar surface area (TPSA) is 21.3 Å². The molecule has 1 aliphatic carbocycles. The monoisotopic (exact) mass is 259 g/mol. The number of hydrogen-bond acceptors (Lipinski definition) is 2. The molecule has 1 N–H and O–H groups in total. The van der Waals surface area contributed by atoms with Crippen molar-refractivity contribution >= 4 is 0 Å². The van der Waals surface area contributed by atoms with Crippen molar-refractivity contribution in [1.82, 2.24) is 5.32 Å². The summed E-state index contributed by atoms with van der Waals surface area (Å²) in [5, 5.41) is 3.38. The van der Waals surface area contributed by atoms with Crippen molar-refractivity contribution < 1.29 is 17.9 Å². The largest absolute Gasteiger partial charge is 0.411 e. The third-order valence-corrected chi connectivity index (χ3v) is 2.73. The smallest absolute Gasteiger partial charge is 0.367 e. The molecule has 1 aromatic carbocycles. The van der Waals surface area contributed by atoms with E-state index in [-0.39, 0.29) is 6.61 Å². The Morgan fingerprint density at radius 2 is 1.72 bits per heavy atom. The molecule has 0 bridgehead atoms. The number of halogens is 3. The van der Waals surface area contributed by atoms with E-state index in [1.807, 2.05) is 12.1 Å². The molecule has 0 aliphatic heterocycles. The van der Waals surface area contributed by atoms with Gasteiger partial charge in [0, 0.05) is 12.6 Å². The predicted molar refractivity (Wildman–Crippen MR) is 62.0 cm³/mol. The third kappa shape index (κ3) is 5.06. The Morgan fingerprint density at radius 1 is 1.11 bits per heavy atom. The van der Waals surface area contributed by atoms with Crippen LogP contribution in [0.15, 0.2) is 24.3 Å². The molecule has 1 aliphatic rings. The number of nitrogens with one attached hydrogen (secondary N) is 1. The first kappa shape index (κ1) is 13.4. The molecule has 0 heterocycles. The molecule has 100 valence electrons. The van der Waals surface area contributed by atoms with Gasteiger partial charge in [0.1, 0.15) is 6.61 Å². The van der Waals surface area contributed by atoms with Crippen molar-refractivity contribution in [3.63, 3.8) is 0 Å². The summed E-state index contributed by atoms with van der Waals surface area (Å²) in [4.78, 5) is 0. The highest BCUT2D eigenvalue weighted by Gasteiger charge is 2.27. The van der Waals surface area contributed by atoms with E-state index >= 15 is 0 Å². The van der Waals surface area contributed by atoms with Crippen LogP contribution in [0.25, 0.3) is 0 Å². The number of benzene rings is 1. The Bertz CT molecular complexity index is 371. The van der Waals surface area contributed by atoms with E-state index in [4.69, 9.17) is 0 Å². The fourth-order valence-corrected chi connectivity index (χ4v) is 1.59. The van der Waals surface area contributed by atoms with Crippen LogP contribution in [0.5, 0.6) is 0 Å². The average molecular weight is 259 g/mol. The van der Waals surface area contributed by atoms with E-state index in [9.17, 15) is 13.2 Å². The molecule has 0 amide bonds. The van der Waals surface area contributed by atoms with Gasteiger partial charge < -0.3 is 10.1 Å². The van der Waals surface area contributed by atoms with Crippen LogP contribution in [0.4, 0.5) is 13.2 Å². The van der Waals surface area contributed by atoms with Crippen molar-refractivity contribution in [2.45, 2.75) is 38.2 Å². The normalized spacial score (nSPS) is 15.9. The molecule has 1 aromatic rings. The van der Waals surface area contributed by atoms with E-state index in [0.29, 0.717) is 6.04 Å². The van der Waals surface area contributed by atoms with E-state index in [2.05, 4.69) is 10.1 Å². The van der Waals surface area contributed by atoms with Crippen LogP contribution in [-0.2, 0) is 17.9 Å². The molecule has 2 nitrogen and oxygen atoms in total. The molecule has 1 fully saturated rings. The van der Waals surface area contributed by atoms with Gasteiger partial charge in [-0.15, -0.1) is 0 Å². The van der Waals surface area contributed by atoms with Crippen LogP contribution in [0.3, 0.4) is 0 Å². The lowest BCUT2D eigenvalue weighted by Crippen LogP contribution is -2.17. The fraction of sp³-hybridized carbons (Fsp3) is 0.538. The molecule has 18 heavy (non-hydrogen) atoms. The van der Waals surface area contributed by atoms with E-state index in [1.54, 1.807) is 12.1 Å². The SMILES string of the molecule is FC(F)(F)COCc1ccc(CNC2CC2)cc1. The second-order valence-electron chi connectivity index (χ2n) is 4.58. The van der Waals surface area contributed by atoms with Crippen LogP contribution in [0.2, 0.25) is 0 Å². The first-order valence-electron chi connectivity index (χ1n) is 5.99. The molecule has 1 saturated carbocycles. The minimum absolute atomic E-state index is 0.00412. The summed E-state index contributed by atoms with van der Waals surface area (Å²) < 4.78 is 40.2. The number of hydrogen-bond donors (Lipinski definition) is 1. The zero-order chi connectivity index (χ0) is 13.0. The summed E-state index contributed by atoms with van der Waals surface area (Å²) in [6, 6.07) is 8.10. The van der Waals surface area contributed by atoms with Gasteiger partial charge in [0.05, 0.1) is 6.61 Å². The Morgan fingerprint density at radius 3 is 2.28 bits per heavy atom. The lowest BCUT2D eigenvalue weighted by atomic mass is 10.1. The Balaban J connectivity index is 1.72. The van der Waals surface area contributed by atoms with Crippen LogP contribution in [0, 0.1) is 0 Å². The molecule has 0 atom stereocenters. The first-order valence-corrected chi connectivity index (χ1v) is 5.99. The minimum Gasteiger partial charge on any atom is -0.367 e. The van der Waals surface area contributed by atoms with Crippen LogP contribution >= 0.6 is 0 Å². The van der Waals surface area contributed by atoms with Gasteiger partial charge >= 0.3 is 6.18 Å². The number of ether oxygens (including phenoxy) is 1. The summed E-state index contributed by atoms with van der Waals surface area (Å²) in [5.74, 6) is 0. The first-order chi connectivity index (χ1) is 8.53. The standard InChI is InChI=1S/C13H16F3NO/c14-13(15,16)9-18-8-11-3-1-10(2-4-11)7-17-12-5-6-12/h1-4,12,17H,5-9H2. The van der Waals surface area contributed by atoms with E-state index in [1.165, 1.54) is 12.8 Å². The van der Waals surface area contributed by atoms with Gasteiger partial charge in [-0.3, -0.25) is 0 Å². The van der Waals surface area contributed by atoms with Gasteiger partial charge in [0.25, 0.3) is 0 Å². The predicted octanol–water partition coefficient (Wildman–Crippen LogP) is 3.02. The van der Waals surface area contributed by atoms with Gasteiger partial charge in [-0.25, -0.2) is 0 Å². The molecule has 0 aromatic heterocycles. The maximum Gasteiger partial charge on any atom is 0.411 e. The molecule has 2 rings (SSSR count). The lowest BCUT2D eigenvalue weighted by Gasteiger charge is -2.08. The minimum atomic E-state index is -4.26. The summed E-state index contributed by atoms with van der Waals surface area (Å²) in [6.07, 6.45) is -1.78. The van der Waals surface area contributed by atoms with Gasteiger partial charge in [0.2, 0.25) is 0 Å². The van der Waals surface area contributed by atoms with Crippen LogP contribution < -0.4 is 5.32 Å². The summed E-state index contributed by atoms with van der Waals surface area (Å²) in [5.41, 5.74) is 1.90. The highest BCUT2D eigenvalue weighted by molar-refractivity contribution is 5.22. The zero-order valence-electron chi connectivity index (χ0n) is 9.96. The third-order valence-electron chi connectivity index (χ3n) is 2.73. The molecular weight excluding hydrogens is 243 g/mol. The van der Waals surface area contributed by atoms with E-state index in [0.717, 1.165) is 17.7 Å². The molecule has 5 heteroatoms. The maximum atomic E-state index is 11.9. The molecule has 0 unspecified atom stereocenters. The molecular formula is C13H16F3NO. The van der Waals surface area contributed by atoms with Gasteiger partial charge in [0.15, 0.2) is 0 Å². The Hall–Kier alpha value is -1.07. The second-order valence-corrected chi connectivity index (χ2v) is 4.58. The highest BCUT2D eigenvalue weighted by atomic mass is 19.4. The molecule has 0 spiro atoms. The van der Waals surface area contributed by atoms with Crippen molar-refractivity contribution in [1.29, 1.82) is 0 Å². The Kier molecular flexibility index (Phi) is 4.24. The summed E-state index contributed by atoms with van der Waals surface area (Å²) in [7, 11) is 0. The second kappa shape index (κ2) is 5.71. The summed E-state index contributed by atoms with van der Waals surface area (Å²) >= 11 is 0. The van der Waals surface area contributed by atoms with Gasteiger partial charge in [-0.2, -0.15) is 13.2 Å². The quantitative estimate of drug-likeness (QED) is 0.848. The van der Waals surface area contributed by atoms with Crippen molar-refractivity contribution in [3.8, 4) is 0 Å². The van der Waals surface area contributed by atoms with Gasteiger partial charge in [-0.1, -0.05) is 24.3 Å². The molecule has 0 radical (unpaired) electrons. The lowest BCUT2D eigenvalue weighted by molar-refractivity contribution is -0.176. The van der Waals surface area contributed by atoms with Crippen LogP contribution in [0.1, 0.15) is 24.0 Å². The Labute approximate surface area is 104 Å². The van der Waals surface area contributed by atoms with Crippen LogP contribution in [-0.4, -0.2) is 18.8 Å².